The van der Waals surface area contributed by atoms with Crippen molar-refractivity contribution in [3.05, 3.63) is 36.2 Å². The molecule has 1 saturated heterocycles. The lowest BCUT2D eigenvalue weighted by molar-refractivity contribution is -0.137. The minimum Gasteiger partial charge on any atom is -0.369 e. The number of hydrogen-bond donors (Lipinski definition) is 1. The van der Waals surface area contributed by atoms with Crippen LogP contribution in [0.2, 0.25) is 0 Å². The molecule has 1 aromatic heterocycles. The summed E-state index contributed by atoms with van der Waals surface area (Å²) in [5, 5.41) is 7.79. The Morgan fingerprint density at radius 2 is 1.82 bits per heavy atom. The summed E-state index contributed by atoms with van der Waals surface area (Å²) in [5.74, 6) is 0. The fourth-order valence-corrected chi connectivity index (χ4v) is 3.07. The molecule has 2 heterocycles. The SMILES string of the molecule is CCCCCN1CCN(c2cccc(C(F)(F)F)c2)CC1.Cn1cnnc1S. The normalized spacial score (nSPS) is 15.3. The van der Waals surface area contributed by atoms with Crippen molar-refractivity contribution in [3.8, 4) is 0 Å². The quantitative estimate of drug-likeness (QED) is 0.589. The minimum atomic E-state index is -4.27. The van der Waals surface area contributed by atoms with Crippen LogP contribution in [-0.2, 0) is 13.2 Å². The summed E-state index contributed by atoms with van der Waals surface area (Å²) >= 11 is 3.94. The zero-order valence-electron chi connectivity index (χ0n) is 16.4. The molecule has 0 N–H and O–H groups in total. The topological polar surface area (TPSA) is 37.2 Å². The van der Waals surface area contributed by atoms with E-state index >= 15 is 0 Å². The molecule has 156 valence electrons. The van der Waals surface area contributed by atoms with Gasteiger partial charge in [-0.2, -0.15) is 13.2 Å². The molecule has 3 rings (SSSR count). The molecule has 1 aliphatic heterocycles. The van der Waals surface area contributed by atoms with Crippen LogP contribution in [0.5, 0.6) is 0 Å². The van der Waals surface area contributed by atoms with Crippen LogP contribution in [0.25, 0.3) is 0 Å². The van der Waals surface area contributed by atoms with Crippen molar-refractivity contribution in [2.75, 3.05) is 37.6 Å². The molecule has 0 aliphatic carbocycles. The Bertz CT molecular complexity index is 695. The number of unbranched alkanes of at least 4 members (excludes halogenated alkanes) is 2. The number of nitrogens with zero attached hydrogens (tertiary/aromatic N) is 5. The fourth-order valence-electron chi connectivity index (χ4n) is 2.97. The van der Waals surface area contributed by atoms with Gasteiger partial charge >= 0.3 is 6.18 Å². The Balaban J connectivity index is 0.000000336. The van der Waals surface area contributed by atoms with Crippen LogP contribution in [0.3, 0.4) is 0 Å². The van der Waals surface area contributed by atoms with E-state index in [-0.39, 0.29) is 0 Å². The maximum atomic E-state index is 12.7. The first-order chi connectivity index (χ1) is 13.3. The summed E-state index contributed by atoms with van der Waals surface area (Å²) in [4.78, 5) is 4.45. The van der Waals surface area contributed by atoms with Crippen molar-refractivity contribution in [3.63, 3.8) is 0 Å². The van der Waals surface area contributed by atoms with E-state index in [1.165, 1.54) is 31.4 Å². The van der Waals surface area contributed by atoms with Gasteiger partial charge < -0.3 is 9.47 Å². The van der Waals surface area contributed by atoms with Crippen LogP contribution < -0.4 is 4.90 Å². The maximum Gasteiger partial charge on any atom is 0.416 e. The lowest BCUT2D eigenvalue weighted by Crippen LogP contribution is -2.46. The predicted octanol–water partition coefficient (Wildman–Crippen LogP) is 4.12. The first-order valence-corrected chi connectivity index (χ1v) is 9.93. The van der Waals surface area contributed by atoms with Crippen LogP contribution in [-0.4, -0.2) is 52.4 Å². The van der Waals surface area contributed by atoms with Gasteiger partial charge in [-0.25, -0.2) is 0 Å². The molecular formula is C19H28F3N5S. The molecule has 1 fully saturated rings. The summed E-state index contributed by atoms with van der Waals surface area (Å²) in [6, 6.07) is 5.64. The highest BCUT2D eigenvalue weighted by Crippen LogP contribution is 2.31. The smallest absolute Gasteiger partial charge is 0.369 e. The molecule has 0 atom stereocenters. The number of rotatable bonds is 5. The molecule has 0 bridgehead atoms. The number of benzene rings is 1. The summed E-state index contributed by atoms with van der Waals surface area (Å²) in [7, 11) is 1.84. The van der Waals surface area contributed by atoms with Crippen molar-refractivity contribution >= 4 is 18.3 Å². The molecule has 0 saturated carbocycles. The second-order valence-corrected chi connectivity index (χ2v) is 7.23. The molecule has 0 amide bonds. The van der Waals surface area contributed by atoms with Crippen LogP contribution in [0.1, 0.15) is 31.7 Å². The second kappa shape index (κ2) is 10.7. The van der Waals surface area contributed by atoms with Crippen LogP contribution >= 0.6 is 12.6 Å². The Morgan fingerprint density at radius 1 is 1.11 bits per heavy atom. The van der Waals surface area contributed by atoms with Gasteiger partial charge in [0, 0.05) is 38.9 Å². The van der Waals surface area contributed by atoms with E-state index in [4.69, 9.17) is 0 Å². The second-order valence-electron chi connectivity index (χ2n) is 6.83. The average molecular weight is 416 g/mol. The predicted molar refractivity (Wildman–Crippen MR) is 108 cm³/mol. The summed E-state index contributed by atoms with van der Waals surface area (Å²) in [5.41, 5.74) is 0.114. The van der Waals surface area contributed by atoms with Gasteiger partial charge in [0.25, 0.3) is 0 Å². The summed E-state index contributed by atoms with van der Waals surface area (Å²) < 4.78 is 40.0. The molecular weight excluding hydrogens is 387 g/mol. The fraction of sp³-hybridized carbons (Fsp3) is 0.579. The zero-order chi connectivity index (χ0) is 20.6. The van der Waals surface area contributed by atoms with E-state index < -0.39 is 11.7 Å². The monoisotopic (exact) mass is 415 g/mol. The van der Waals surface area contributed by atoms with E-state index in [1.54, 1.807) is 17.0 Å². The third-order valence-corrected chi connectivity index (χ3v) is 5.08. The Morgan fingerprint density at radius 3 is 2.32 bits per heavy atom. The summed E-state index contributed by atoms with van der Waals surface area (Å²) in [6.45, 7) is 6.75. The Labute approximate surface area is 170 Å². The first-order valence-electron chi connectivity index (χ1n) is 9.48. The largest absolute Gasteiger partial charge is 0.416 e. The third-order valence-electron chi connectivity index (χ3n) is 4.68. The van der Waals surface area contributed by atoms with Crippen molar-refractivity contribution in [1.82, 2.24) is 19.7 Å². The Kier molecular flexibility index (Phi) is 8.62. The average Bonchev–Trinajstić information content (AvgIpc) is 3.05. The zero-order valence-corrected chi connectivity index (χ0v) is 17.3. The minimum absolute atomic E-state index is 0.564. The van der Waals surface area contributed by atoms with Gasteiger partial charge in [0.1, 0.15) is 6.33 Å². The van der Waals surface area contributed by atoms with Crippen LogP contribution in [0.4, 0.5) is 18.9 Å². The van der Waals surface area contributed by atoms with E-state index in [1.807, 2.05) is 11.9 Å². The van der Waals surface area contributed by atoms with Gasteiger partial charge in [0.2, 0.25) is 0 Å². The molecule has 0 unspecified atom stereocenters. The van der Waals surface area contributed by atoms with E-state index in [9.17, 15) is 13.2 Å². The van der Waals surface area contributed by atoms with Crippen molar-refractivity contribution in [2.24, 2.45) is 7.05 Å². The van der Waals surface area contributed by atoms with E-state index in [0.29, 0.717) is 10.8 Å². The highest BCUT2D eigenvalue weighted by atomic mass is 32.1. The molecule has 2 aromatic rings. The van der Waals surface area contributed by atoms with E-state index in [2.05, 4.69) is 34.6 Å². The number of alkyl halides is 3. The molecule has 0 spiro atoms. The maximum absolute atomic E-state index is 12.7. The number of thiol groups is 1. The number of hydrogen-bond acceptors (Lipinski definition) is 5. The highest BCUT2D eigenvalue weighted by Gasteiger charge is 2.31. The molecule has 5 nitrogen and oxygen atoms in total. The lowest BCUT2D eigenvalue weighted by atomic mass is 10.1. The summed E-state index contributed by atoms with van der Waals surface area (Å²) in [6.07, 6.45) is 0.998. The molecule has 1 aliphatic rings. The number of halogens is 3. The highest BCUT2D eigenvalue weighted by molar-refractivity contribution is 7.80. The van der Waals surface area contributed by atoms with Crippen molar-refractivity contribution < 1.29 is 13.2 Å². The number of anilines is 1. The van der Waals surface area contributed by atoms with Gasteiger partial charge in [-0.05, 0) is 31.2 Å². The number of aromatic nitrogens is 3. The standard InChI is InChI=1S/C16H23F3N2.C3H5N3S/c1-2-3-4-8-20-9-11-21(12-10-20)15-7-5-6-14(13-15)16(17,18)19;1-6-2-4-5-3(6)7/h5-7,13H,2-4,8-12H2,1H3;2H,1H3,(H,5,7). The van der Waals surface area contributed by atoms with E-state index in [0.717, 1.165) is 38.8 Å². The molecule has 0 radical (unpaired) electrons. The van der Waals surface area contributed by atoms with Gasteiger partial charge in [-0.3, -0.25) is 4.90 Å². The van der Waals surface area contributed by atoms with Gasteiger partial charge in [0.05, 0.1) is 5.56 Å². The van der Waals surface area contributed by atoms with Crippen molar-refractivity contribution in [1.29, 1.82) is 0 Å². The lowest BCUT2D eigenvalue weighted by Gasteiger charge is -2.36. The number of piperazine rings is 1. The van der Waals surface area contributed by atoms with Crippen molar-refractivity contribution in [2.45, 2.75) is 37.5 Å². The number of aryl methyl sites for hydroxylation is 1. The first kappa shape index (κ1) is 22.5. The van der Waals surface area contributed by atoms with Gasteiger partial charge in [-0.15, -0.1) is 22.8 Å². The van der Waals surface area contributed by atoms with Crippen LogP contribution in [0.15, 0.2) is 35.7 Å². The molecule has 28 heavy (non-hydrogen) atoms. The third kappa shape index (κ3) is 7.01. The molecule has 1 aromatic carbocycles. The Hall–Kier alpha value is -1.74. The van der Waals surface area contributed by atoms with Crippen LogP contribution in [0, 0.1) is 0 Å². The van der Waals surface area contributed by atoms with Gasteiger partial charge in [-0.1, -0.05) is 25.8 Å². The van der Waals surface area contributed by atoms with Gasteiger partial charge in [0.15, 0.2) is 5.16 Å². The molecule has 9 heteroatoms.